The van der Waals surface area contributed by atoms with Gasteiger partial charge in [0, 0.05) is 6.07 Å². The van der Waals surface area contributed by atoms with E-state index in [1.54, 1.807) is 26.2 Å². The number of amides is 1. The van der Waals surface area contributed by atoms with Crippen LogP contribution < -0.4 is 10.1 Å². The van der Waals surface area contributed by atoms with Crippen LogP contribution in [0.5, 0.6) is 11.5 Å². The fraction of sp³-hybridized carbons (Fsp3) is 0.188. The van der Waals surface area contributed by atoms with Gasteiger partial charge in [-0.25, -0.2) is 4.39 Å². The number of hydrogen-bond acceptors (Lipinski definition) is 3. The summed E-state index contributed by atoms with van der Waals surface area (Å²) in [7, 11) is 1.58. The molecule has 2 aromatic carbocycles. The number of phenolic OH excluding ortho intramolecular Hbond substituents is 1. The van der Waals surface area contributed by atoms with Crippen molar-refractivity contribution in [3.63, 3.8) is 0 Å². The third-order valence-corrected chi connectivity index (χ3v) is 3.16. The second kappa shape index (κ2) is 6.26. The van der Waals surface area contributed by atoms with E-state index in [1.165, 1.54) is 12.1 Å². The fourth-order valence-corrected chi connectivity index (χ4v) is 1.94. The Bertz CT molecular complexity index is 640. The fourth-order valence-electron chi connectivity index (χ4n) is 1.94. The zero-order chi connectivity index (χ0) is 15.4. The molecule has 21 heavy (non-hydrogen) atoms. The highest BCUT2D eigenvalue weighted by Crippen LogP contribution is 2.19. The Morgan fingerprint density at radius 2 is 1.90 bits per heavy atom. The van der Waals surface area contributed by atoms with Crippen LogP contribution in [-0.2, 0) is 0 Å². The van der Waals surface area contributed by atoms with Crippen molar-refractivity contribution in [1.29, 1.82) is 0 Å². The van der Waals surface area contributed by atoms with E-state index in [2.05, 4.69) is 5.32 Å². The van der Waals surface area contributed by atoms with Gasteiger partial charge in [-0.3, -0.25) is 4.79 Å². The van der Waals surface area contributed by atoms with Gasteiger partial charge >= 0.3 is 0 Å². The minimum atomic E-state index is -0.755. The molecule has 0 aliphatic heterocycles. The van der Waals surface area contributed by atoms with Crippen molar-refractivity contribution in [1.82, 2.24) is 5.32 Å². The van der Waals surface area contributed by atoms with Crippen molar-refractivity contribution in [3.05, 3.63) is 59.4 Å². The van der Waals surface area contributed by atoms with Gasteiger partial charge in [0.15, 0.2) is 0 Å². The van der Waals surface area contributed by atoms with Crippen molar-refractivity contribution in [3.8, 4) is 11.5 Å². The molecule has 0 heterocycles. The van der Waals surface area contributed by atoms with Crippen LogP contribution in [0.15, 0.2) is 42.5 Å². The van der Waals surface area contributed by atoms with E-state index in [4.69, 9.17) is 9.84 Å². The molecule has 0 radical (unpaired) electrons. The highest BCUT2D eigenvalue weighted by Gasteiger charge is 2.15. The number of hydrogen-bond donors (Lipinski definition) is 2. The van der Waals surface area contributed by atoms with Crippen molar-refractivity contribution >= 4 is 5.91 Å². The summed E-state index contributed by atoms with van der Waals surface area (Å²) in [5, 5.41) is 11.9. The van der Waals surface area contributed by atoms with Crippen LogP contribution in [0.1, 0.15) is 28.9 Å². The van der Waals surface area contributed by atoms with Gasteiger partial charge in [-0.05, 0) is 36.8 Å². The molecular weight excluding hydrogens is 273 g/mol. The van der Waals surface area contributed by atoms with E-state index >= 15 is 0 Å². The van der Waals surface area contributed by atoms with Crippen LogP contribution >= 0.6 is 0 Å². The molecule has 0 bridgehead atoms. The average Bonchev–Trinajstić information content (AvgIpc) is 2.47. The first-order valence-corrected chi connectivity index (χ1v) is 6.44. The Balaban J connectivity index is 2.10. The highest BCUT2D eigenvalue weighted by molar-refractivity contribution is 5.94. The first kappa shape index (κ1) is 14.8. The van der Waals surface area contributed by atoms with Crippen LogP contribution in [-0.4, -0.2) is 18.1 Å². The van der Waals surface area contributed by atoms with E-state index in [0.29, 0.717) is 0 Å². The summed E-state index contributed by atoms with van der Waals surface area (Å²) in [5.41, 5.74) is 0.775. The molecule has 0 aromatic heterocycles. The first-order valence-electron chi connectivity index (χ1n) is 6.44. The minimum absolute atomic E-state index is 0.104. The standard InChI is InChI=1S/C16H16FNO3/c1-10(11-3-6-13(21-2)7-4-11)18-16(20)14-8-5-12(19)9-15(14)17/h3-10,19H,1-2H3,(H,18,20). The summed E-state index contributed by atoms with van der Waals surface area (Å²) in [6.07, 6.45) is 0. The maximum atomic E-state index is 13.6. The first-order chi connectivity index (χ1) is 10.0. The monoisotopic (exact) mass is 289 g/mol. The Morgan fingerprint density at radius 3 is 2.48 bits per heavy atom. The van der Waals surface area contributed by atoms with Crippen LogP contribution in [0.2, 0.25) is 0 Å². The smallest absolute Gasteiger partial charge is 0.254 e. The van der Waals surface area contributed by atoms with E-state index in [9.17, 15) is 9.18 Å². The number of halogens is 1. The number of ether oxygens (including phenoxy) is 1. The van der Waals surface area contributed by atoms with Crippen molar-refractivity contribution in [2.75, 3.05) is 7.11 Å². The minimum Gasteiger partial charge on any atom is -0.508 e. The van der Waals surface area contributed by atoms with Gasteiger partial charge in [0.1, 0.15) is 17.3 Å². The molecule has 5 heteroatoms. The molecule has 110 valence electrons. The summed E-state index contributed by atoms with van der Waals surface area (Å²) in [4.78, 5) is 12.0. The second-order valence-electron chi connectivity index (χ2n) is 4.63. The number of phenols is 1. The maximum Gasteiger partial charge on any atom is 0.254 e. The lowest BCUT2D eigenvalue weighted by Crippen LogP contribution is -2.27. The van der Waals surface area contributed by atoms with E-state index in [-0.39, 0.29) is 17.4 Å². The molecule has 2 aromatic rings. The predicted octanol–water partition coefficient (Wildman–Crippen LogP) is 3.03. The summed E-state index contributed by atoms with van der Waals surface area (Å²) in [6, 6.07) is 10.4. The lowest BCUT2D eigenvalue weighted by Gasteiger charge is -2.15. The van der Waals surface area contributed by atoms with E-state index in [1.807, 2.05) is 12.1 Å². The molecule has 2 N–H and O–H groups in total. The lowest BCUT2D eigenvalue weighted by molar-refractivity contribution is 0.0936. The molecule has 1 atom stereocenters. The van der Waals surface area contributed by atoms with Gasteiger partial charge in [0.2, 0.25) is 0 Å². The highest BCUT2D eigenvalue weighted by atomic mass is 19.1. The molecule has 1 unspecified atom stereocenters. The summed E-state index contributed by atoms with van der Waals surface area (Å²) >= 11 is 0. The number of nitrogens with one attached hydrogen (secondary N) is 1. The molecule has 0 aliphatic carbocycles. The van der Waals surface area contributed by atoms with Gasteiger partial charge in [-0.2, -0.15) is 0 Å². The second-order valence-corrected chi connectivity index (χ2v) is 4.63. The number of methoxy groups -OCH3 is 1. The largest absolute Gasteiger partial charge is 0.508 e. The van der Waals surface area contributed by atoms with E-state index < -0.39 is 11.7 Å². The van der Waals surface area contributed by atoms with Gasteiger partial charge in [0.25, 0.3) is 5.91 Å². The Kier molecular flexibility index (Phi) is 4.42. The topological polar surface area (TPSA) is 58.6 Å². The predicted molar refractivity (Wildman–Crippen MR) is 76.9 cm³/mol. The van der Waals surface area contributed by atoms with Gasteiger partial charge in [-0.1, -0.05) is 12.1 Å². The molecule has 0 aliphatic rings. The van der Waals surface area contributed by atoms with Crippen LogP contribution in [0.25, 0.3) is 0 Å². The Hall–Kier alpha value is -2.56. The van der Waals surface area contributed by atoms with Crippen LogP contribution in [0, 0.1) is 5.82 Å². The summed E-state index contributed by atoms with van der Waals surface area (Å²) in [5.74, 6) is -0.778. The number of benzene rings is 2. The van der Waals surface area contributed by atoms with Crippen LogP contribution in [0.3, 0.4) is 0 Å². The Morgan fingerprint density at radius 1 is 1.24 bits per heavy atom. The molecule has 1 amide bonds. The molecule has 0 spiro atoms. The quantitative estimate of drug-likeness (QED) is 0.909. The lowest BCUT2D eigenvalue weighted by atomic mass is 10.1. The normalized spacial score (nSPS) is 11.8. The third kappa shape index (κ3) is 3.51. The maximum absolute atomic E-state index is 13.6. The molecule has 0 fully saturated rings. The zero-order valence-electron chi connectivity index (χ0n) is 11.8. The van der Waals surface area contributed by atoms with Gasteiger partial charge in [-0.15, -0.1) is 0 Å². The summed E-state index contributed by atoms with van der Waals surface area (Å²) < 4.78 is 18.7. The molecule has 4 nitrogen and oxygen atoms in total. The third-order valence-electron chi connectivity index (χ3n) is 3.16. The SMILES string of the molecule is COc1ccc(C(C)NC(=O)c2ccc(O)cc2F)cc1. The summed E-state index contributed by atoms with van der Waals surface area (Å²) in [6.45, 7) is 1.80. The molecule has 0 saturated heterocycles. The zero-order valence-corrected chi connectivity index (χ0v) is 11.8. The molecular formula is C16H16FNO3. The molecule has 0 saturated carbocycles. The Labute approximate surface area is 122 Å². The van der Waals surface area contributed by atoms with Crippen LogP contribution in [0.4, 0.5) is 4.39 Å². The van der Waals surface area contributed by atoms with Crippen molar-refractivity contribution in [2.24, 2.45) is 0 Å². The van der Waals surface area contributed by atoms with E-state index in [0.717, 1.165) is 17.4 Å². The van der Waals surface area contributed by atoms with Crippen molar-refractivity contribution < 1.29 is 19.0 Å². The number of rotatable bonds is 4. The number of carbonyl (C=O) groups is 1. The van der Waals surface area contributed by atoms with Gasteiger partial charge < -0.3 is 15.2 Å². The van der Waals surface area contributed by atoms with Gasteiger partial charge in [0.05, 0.1) is 18.7 Å². The average molecular weight is 289 g/mol. The number of carbonyl (C=O) groups excluding carboxylic acids is 1. The number of aromatic hydroxyl groups is 1. The van der Waals surface area contributed by atoms with Crippen molar-refractivity contribution in [2.45, 2.75) is 13.0 Å². The molecule has 2 rings (SSSR count).